The van der Waals surface area contributed by atoms with Gasteiger partial charge in [-0.25, -0.2) is 4.39 Å². The second kappa shape index (κ2) is 10.5. The van der Waals surface area contributed by atoms with Gasteiger partial charge in [0.1, 0.15) is 5.82 Å². The van der Waals surface area contributed by atoms with E-state index in [-0.39, 0.29) is 17.8 Å². The van der Waals surface area contributed by atoms with Gasteiger partial charge in [-0.2, -0.15) is 0 Å². The van der Waals surface area contributed by atoms with Crippen molar-refractivity contribution in [2.45, 2.75) is 44.9 Å². The molecule has 6 heteroatoms. The van der Waals surface area contributed by atoms with Crippen molar-refractivity contribution in [1.82, 2.24) is 20.1 Å². The molecule has 1 saturated heterocycles. The zero-order chi connectivity index (χ0) is 23.3. The van der Waals surface area contributed by atoms with Gasteiger partial charge in [0.25, 0.3) is 5.91 Å². The molecule has 0 radical (unpaired) electrons. The van der Waals surface area contributed by atoms with E-state index in [4.69, 9.17) is 0 Å². The van der Waals surface area contributed by atoms with Gasteiger partial charge in [-0.15, -0.1) is 0 Å². The van der Waals surface area contributed by atoms with Crippen LogP contribution in [0.5, 0.6) is 0 Å². The number of nitrogens with one attached hydrogen (secondary N) is 1. The molecule has 2 aromatic carbocycles. The summed E-state index contributed by atoms with van der Waals surface area (Å²) in [4.78, 5) is 22.0. The number of carbonyl (C=O) groups is 1. The van der Waals surface area contributed by atoms with E-state index in [1.807, 2.05) is 30.5 Å². The highest BCUT2D eigenvalue weighted by Crippen LogP contribution is 2.23. The Hall–Kier alpha value is -3.09. The number of nitrogens with zero attached hydrogens (tertiary/aromatic N) is 3. The monoisotopic (exact) mass is 458 g/mol. The predicted molar refractivity (Wildman–Crippen MR) is 131 cm³/mol. The molecule has 0 spiro atoms. The van der Waals surface area contributed by atoms with E-state index in [1.54, 1.807) is 6.20 Å². The predicted octanol–water partition coefficient (Wildman–Crippen LogP) is 4.17. The standard InChI is InChI=1S/C28H31FN4O/c29-26-7-3-21(4-8-26)18-33-13-9-23-5-6-24(16-25(23)20-33)28(34)31-27-10-14-32(15-11-27)19-22-2-1-12-30-17-22/h1-8,12,16-17,27H,9-11,13-15,18-20H2,(H,31,34). The summed E-state index contributed by atoms with van der Waals surface area (Å²) in [5, 5.41) is 3.26. The van der Waals surface area contributed by atoms with Crippen LogP contribution >= 0.6 is 0 Å². The van der Waals surface area contributed by atoms with E-state index in [9.17, 15) is 9.18 Å². The van der Waals surface area contributed by atoms with Crippen LogP contribution in [0.15, 0.2) is 67.0 Å². The van der Waals surface area contributed by atoms with E-state index in [2.05, 4.69) is 38.3 Å². The number of carbonyl (C=O) groups excluding carboxylic acids is 1. The zero-order valence-corrected chi connectivity index (χ0v) is 19.4. The normalized spacial score (nSPS) is 17.3. The van der Waals surface area contributed by atoms with Gasteiger partial charge in [0.15, 0.2) is 0 Å². The lowest BCUT2D eigenvalue weighted by Gasteiger charge is -2.32. The molecule has 0 bridgehead atoms. The van der Waals surface area contributed by atoms with Crippen molar-refractivity contribution in [2.24, 2.45) is 0 Å². The molecule has 0 saturated carbocycles. The number of benzene rings is 2. The number of hydrogen-bond donors (Lipinski definition) is 1. The number of piperidine rings is 1. The Kier molecular flexibility index (Phi) is 6.97. The molecule has 2 aliphatic heterocycles. The largest absolute Gasteiger partial charge is 0.349 e. The van der Waals surface area contributed by atoms with Crippen LogP contribution in [0.2, 0.25) is 0 Å². The summed E-state index contributed by atoms with van der Waals surface area (Å²) < 4.78 is 13.2. The third kappa shape index (κ3) is 5.69. The van der Waals surface area contributed by atoms with E-state index in [0.717, 1.165) is 69.7 Å². The van der Waals surface area contributed by atoms with Gasteiger partial charge < -0.3 is 5.32 Å². The molecule has 1 aromatic heterocycles. The Morgan fingerprint density at radius 1 is 0.941 bits per heavy atom. The van der Waals surface area contributed by atoms with Crippen molar-refractivity contribution in [3.63, 3.8) is 0 Å². The number of amides is 1. The van der Waals surface area contributed by atoms with Gasteiger partial charge in [0.05, 0.1) is 0 Å². The van der Waals surface area contributed by atoms with Crippen molar-refractivity contribution in [3.8, 4) is 0 Å². The average Bonchev–Trinajstić information content (AvgIpc) is 2.87. The molecule has 0 unspecified atom stereocenters. The molecule has 1 amide bonds. The van der Waals surface area contributed by atoms with E-state index in [1.165, 1.54) is 28.8 Å². The second-order valence-corrected chi connectivity index (χ2v) is 9.46. The van der Waals surface area contributed by atoms with Crippen molar-refractivity contribution < 1.29 is 9.18 Å². The van der Waals surface area contributed by atoms with Gasteiger partial charge >= 0.3 is 0 Å². The van der Waals surface area contributed by atoms with Crippen LogP contribution in [0.1, 0.15) is 45.5 Å². The van der Waals surface area contributed by atoms with Crippen LogP contribution in [0.25, 0.3) is 0 Å². The first-order valence-electron chi connectivity index (χ1n) is 12.1. The number of halogens is 1. The highest BCUT2D eigenvalue weighted by atomic mass is 19.1. The Morgan fingerprint density at radius 2 is 1.74 bits per heavy atom. The van der Waals surface area contributed by atoms with Gasteiger partial charge in [-0.1, -0.05) is 24.3 Å². The van der Waals surface area contributed by atoms with E-state index >= 15 is 0 Å². The molecule has 0 atom stereocenters. The first-order chi connectivity index (χ1) is 16.6. The number of hydrogen-bond acceptors (Lipinski definition) is 4. The van der Waals surface area contributed by atoms with Gasteiger partial charge in [-0.05, 0) is 71.8 Å². The number of fused-ring (bicyclic) bond motifs is 1. The Balaban J connectivity index is 1.14. The van der Waals surface area contributed by atoms with Crippen LogP contribution in [0.3, 0.4) is 0 Å². The minimum Gasteiger partial charge on any atom is -0.349 e. The van der Waals surface area contributed by atoms with Crippen molar-refractivity contribution in [3.05, 3.63) is 101 Å². The molecule has 1 N–H and O–H groups in total. The topological polar surface area (TPSA) is 48.5 Å². The number of likely N-dealkylation sites (tertiary alicyclic amines) is 1. The minimum absolute atomic E-state index is 0.0177. The number of aromatic nitrogens is 1. The van der Waals surface area contributed by atoms with Crippen LogP contribution in [0, 0.1) is 5.82 Å². The van der Waals surface area contributed by atoms with Gasteiger partial charge in [0, 0.05) is 63.3 Å². The quantitative estimate of drug-likeness (QED) is 0.602. The van der Waals surface area contributed by atoms with Crippen molar-refractivity contribution in [1.29, 1.82) is 0 Å². The fourth-order valence-electron chi connectivity index (χ4n) is 4.99. The van der Waals surface area contributed by atoms with E-state index < -0.39 is 0 Å². The number of pyridine rings is 1. The Morgan fingerprint density at radius 3 is 2.50 bits per heavy atom. The van der Waals surface area contributed by atoms with Crippen molar-refractivity contribution in [2.75, 3.05) is 19.6 Å². The molecule has 176 valence electrons. The number of rotatable bonds is 6. The summed E-state index contributed by atoms with van der Waals surface area (Å²) in [6, 6.07) is 17.1. The lowest BCUT2D eigenvalue weighted by molar-refractivity contribution is 0.0908. The molecular weight excluding hydrogens is 427 g/mol. The van der Waals surface area contributed by atoms with Gasteiger partial charge in [-0.3, -0.25) is 19.6 Å². The second-order valence-electron chi connectivity index (χ2n) is 9.46. The van der Waals surface area contributed by atoms with Gasteiger partial charge in [0.2, 0.25) is 0 Å². The molecule has 34 heavy (non-hydrogen) atoms. The highest BCUT2D eigenvalue weighted by Gasteiger charge is 2.23. The Bertz CT molecular complexity index is 1110. The highest BCUT2D eigenvalue weighted by molar-refractivity contribution is 5.94. The molecule has 5 rings (SSSR count). The lowest BCUT2D eigenvalue weighted by atomic mass is 9.96. The third-order valence-corrected chi connectivity index (χ3v) is 6.93. The van der Waals surface area contributed by atoms with Crippen LogP contribution in [-0.4, -0.2) is 46.4 Å². The maximum absolute atomic E-state index is 13.2. The molecule has 3 aromatic rings. The summed E-state index contributed by atoms with van der Waals surface area (Å²) in [5.74, 6) is -0.188. The molecule has 1 fully saturated rings. The summed E-state index contributed by atoms with van der Waals surface area (Å²) >= 11 is 0. The maximum atomic E-state index is 13.2. The van der Waals surface area contributed by atoms with Crippen LogP contribution in [0.4, 0.5) is 4.39 Å². The van der Waals surface area contributed by atoms with E-state index in [0.29, 0.717) is 0 Å². The molecule has 5 nitrogen and oxygen atoms in total. The summed E-state index contributed by atoms with van der Waals surface area (Å²) in [5.41, 5.74) is 5.60. The van der Waals surface area contributed by atoms with Crippen LogP contribution < -0.4 is 5.32 Å². The molecule has 3 heterocycles. The van der Waals surface area contributed by atoms with Crippen LogP contribution in [-0.2, 0) is 26.1 Å². The third-order valence-electron chi connectivity index (χ3n) is 6.93. The fourth-order valence-corrected chi connectivity index (χ4v) is 4.99. The molecular formula is C28H31FN4O. The summed E-state index contributed by atoms with van der Waals surface area (Å²) in [7, 11) is 0. The minimum atomic E-state index is -0.206. The SMILES string of the molecule is O=C(NC1CCN(Cc2cccnc2)CC1)c1ccc2c(c1)CN(Cc1ccc(F)cc1)CC2. The smallest absolute Gasteiger partial charge is 0.251 e. The maximum Gasteiger partial charge on any atom is 0.251 e. The first kappa shape index (κ1) is 22.7. The summed E-state index contributed by atoms with van der Waals surface area (Å²) in [6.45, 7) is 5.42. The zero-order valence-electron chi connectivity index (χ0n) is 19.4. The summed E-state index contributed by atoms with van der Waals surface area (Å²) in [6.07, 6.45) is 6.61. The average molecular weight is 459 g/mol. The Labute approximate surface area is 200 Å². The first-order valence-corrected chi connectivity index (χ1v) is 12.1. The molecule has 2 aliphatic rings. The fraction of sp³-hybridized carbons (Fsp3) is 0.357. The van der Waals surface area contributed by atoms with Crippen molar-refractivity contribution >= 4 is 5.91 Å². The lowest BCUT2D eigenvalue weighted by Crippen LogP contribution is -2.44. The molecule has 0 aliphatic carbocycles.